The molecule has 0 bridgehead atoms. The van der Waals surface area contributed by atoms with Gasteiger partial charge in [0.2, 0.25) is 0 Å². The Morgan fingerprint density at radius 3 is 3.00 bits per heavy atom. The molecule has 1 aromatic carbocycles. The summed E-state index contributed by atoms with van der Waals surface area (Å²) in [5.41, 5.74) is 0.691. The SMILES string of the molecule is Fc1cccc(Cl)c1CC1CCCNCC1. The first-order valence-electron chi connectivity index (χ1n) is 5.91. The van der Waals surface area contributed by atoms with Gasteiger partial charge in [-0.05, 0) is 56.8 Å². The molecule has 0 spiro atoms. The maximum atomic E-state index is 13.6. The second kappa shape index (κ2) is 5.65. The molecule has 16 heavy (non-hydrogen) atoms. The summed E-state index contributed by atoms with van der Waals surface area (Å²) in [6.45, 7) is 2.12. The van der Waals surface area contributed by atoms with Crippen LogP contribution in [0.15, 0.2) is 18.2 Å². The van der Waals surface area contributed by atoms with Gasteiger partial charge in [-0.1, -0.05) is 17.7 Å². The first-order valence-corrected chi connectivity index (χ1v) is 6.29. The van der Waals surface area contributed by atoms with Gasteiger partial charge in [0, 0.05) is 10.6 Å². The van der Waals surface area contributed by atoms with Crippen LogP contribution < -0.4 is 5.32 Å². The van der Waals surface area contributed by atoms with Crippen LogP contribution in [0.4, 0.5) is 4.39 Å². The maximum absolute atomic E-state index is 13.6. The van der Waals surface area contributed by atoms with Crippen LogP contribution in [0.25, 0.3) is 0 Å². The quantitative estimate of drug-likeness (QED) is 0.837. The lowest BCUT2D eigenvalue weighted by Crippen LogP contribution is -2.14. The zero-order valence-electron chi connectivity index (χ0n) is 9.31. The van der Waals surface area contributed by atoms with Crippen LogP contribution in [0.5, 0.6) is 0 Å². The Morgan fingerprint density at radius 1 is 1.31 bits per heavy atom. The summed E-state index contributed by atoms with van der Waals surface area (Å²) in [4.78, 5) is 0. The minimum atomic E-state index is -0.162. The van der Waals surface area contributed by atoms with Crippen LogP contribution in [0.2, 0.25) is 5.02 Å². The highest BCUT2D eigenvalue weighted by Crippen LogP contribution is 2.26. The van der Waals surface area contributed by atoms with Crippen molar-refractivity contribution in [2.45, 2.75) is 25.7 Å². The second-order valence-electron chi connectivity index (χ2n) is 4.45. The molecule has 1 nitrogen and oxygen atoms in total. The minimum Gasteiger partial charge on any atom is -0.317 e. The summed E-state index contributed by atoms with van der Waals surface area (Å²) >= 11 is 6.03. The average Bonchev–Trinajstić information content (AvgIpc) is 2.52. The van der Waals surface area contributed by atoms with Crippen molar-refractivity contribution in [2.75, 3.05) is 13.1 Å². The molecule has 0 radical (unpaired) electrons. The molecule has 1 heterocycles. The van der Waals surface area contributed by atoms with Crippen LogP contribution in [0.1, 0.15) is 24.8 Å². The van der Waals surface area contributed by atoms with Gasteiger partial charge in [-0.2, -0.15) is 0 Å². The van der Waals surface area contributed by atoms with Gasteiger partial charge in [0.15, 0.2) is 0 Å². The number of rotatable bonds is 2. The molecule has 0 saturated carbocycles. The third-order valence-corrected chi connectivity index (χ3v) is 3.60. The Morgan fingerprint density at radius 2 is 2.19 bits per heavy atom. The summed E-state index contributed by atoms with van der Waals surface area (Å²) in [5, 5.41) is 3.93. The molecule has 1 N–H and O–H groups in total. The van der Waals surface area contributed by atoms with E-state index in [4.69, 9.17) is 11.6 Å². The molecule has 1 aliphatic rings. The zero-order chi connectivity index (χ0) is 11.4. The topological polar surface area (TPSA) is 12.0 Å². The Hall–Kier alpha value is -0.600. The Bertz CT molecular complexity index is 326. The monoisotopic (exact) mass is 241 g/mol. The molecule has 1 fully saturated rings. The Labute approximate surface area is 101 Å². The molecule has 0 aliphatic carbocycles. The highest BCUT2D eigenvalue weighted by atomic mass is 35.5. The fraction of sp³-hybridized carbons (Fsp3) is 0.538. The number of hydrogen-bond acceptors (Lipinski definition) is 1. The molecule has 1 unspecified atom stereocenters. The Balaban J connectivity index is 2.07. The van der Waals surface area contributed by atoms with Crippen LogP contribution in [0.3, 0.4) is 0 Å². The van der Waals surface area contributed by atoms with Crippen molar-refractivity contribution >= 4 is 11.6 Å². The predicted octanol–water partition coefficient (Wildman–Crippen LogP) is 3.41. The number of hydrogen-bond donors (Lipinski definition) is 1. The molecule has 0 amide bonds. The number of halogens is 2. The smallest absolute Gasteiger partial charge is 0.127 e. The van der Waals surface area contributed by atoms with Crippen molar-refractivity contribution in [2.24, 2.45) is 5.92 Å². The van der Waals surface area contributed by atoms with Gasteiger partial charge >= 0.3 is 0 Å². The van der Waals surface area contributed by atoms with Gasteiger partial charge in [0.25, 0.3) is 0 Å². The second-order valence-corrected chi connectivity index (χ2v) is 4.86. The van der Waals surface area contributed by atoms with E-state index in [0.29, 0.717) is 16.5 Å². The van der Waals surface area contributed by atoms with Gasteiger partial charge in [-0.25, -0.2) is 4.39 Å². The molecule has 0 aromatic heterocycles. The molecule has 88 valence electrons. The van der Waals surface area contributed by atoms with Gasteiger partial charge in [-0.15, -0.1) is 0 Å². The Kier molecular flexibility index (Phi) is 4.19. The van der Waals surface area contributed by atoms with Crippen LogP contribution >= 0.6 is 11.6 Å². The third-order valence-electron chi connectivity index (χ3n) is 3.25. The first kappa shape index (κ1) is 11.9. The summed E-state index contributed by atoms with van der Waals surface area (Å²) in [6, 6.07) is 4.93. The predicted molar refractivity (Wildman–Crippen MR) is 65.3 cm³/mol. The summed E-state index contributed by atoms with van der Waals surface area (Å²) < 4.78 is 13.6. The largest absolute Gasteiger partial charge is 0.317 e. The van der Waals surface area contributed by atoms with E-state index in [0.717, 1.165) is 32.4 Å². The van der Waals surface area contributed by atoms with E-state index in [2.05, 4.69) is 5.32 Å². The lowest BCUT2D eigenvalue weighted by molar-refractivity contribution is 0.459. The molecule has 2 rings (SSSR count). The fourth-order valence-electron chi connectivity index (χ4n) is 2.31. The van der Waals surface area contributed by atoms with E-state index >= 15 is 0 Å². The zero-order valence-corrected chi connectivity index (χ0v) is 10.1. The van der Waals surface area contributed by atoms with E-state index in [1.54, 1.807) is 12.1 Å². The number of benzene rings is 1. The molecule has 1 aromatic rings. The highest BCUT2D eigenvalue weighted by molar-refractivity contribution is 6.31. The van der Waals surface area contributed by atoms with Gasteiger partial charge < -0.3 is 5.32 Å². The molecule has 1 aliphatic heterocycles. The molecule has 1 saturated heterocycles. The number of nitrogens with one attached hydrogen (secondary N) is 1. The van der Waals surface area contributed by atoms with Crippen LogP contribution in [0, 0.1) is 11.7 Å². The average molecular weight is 242 g/mol. The highest BCUT2D eigenvalue weighted by Gasteiger charge is 2.16. The molecular weight excluding hydrogens is 225 g/mol. The lowest BCUT2D eigenvalue weighted by Gasteiger charge is -2.15. The van der Waals surface area contributed by atoms with E-state index in [-0.39, 0.29) is 5.82 Å². The molecule has 3 heteroatoms. The van der Waals surface area contributed by atoms with Crippen molar-refractivity contribution in [1.82, 2.24) is 5.32 Å². The van der Waals surface area contributed by atoms with Crippen LogP contribution in [-0.4, -0.2) is 13.1 Å². The maximum Gasteiger partial charge on any atom is 0.127 e. The van der Waals surface area contributed by atoms with Crippen molar-refractivity contribution in [3.8, 4) is 0 Å². The minimum absolute atomic E-state index is 0.162. The fourth-order valence-corrected chi connectivity index (χ4v) is 2.55. The molecule has 1 atom stereocenters. The standard InChI is InChI=1S/C13H17ClFN/c14-12-4-1-5-13(15)11(12)9-10-3-2-7-16-8-6-10/h1,4-5,10,16H,2-3,6-9H2. The third kappa shape index (κ3) is 2.96. The molecular formula is C13H17ClFN. The van der Waals surface area contributed by atoms with Crippen molar-refractivity contribution in [3.05, 3.63) is 34.6 Å². The first-order chi connectivity index (χ1) is 7.77. The van der Waals surface area contributed by atoms with E-state index in [1.807, 2.05) is 0 Å². The lowest BCUT2D eigenvalue weighted by atomic mass is 9.92. The van der Waals surface area contributed by atoms with Crippen LogP contribution in [-0.2, 0) is 6.42 Å². The summed E-state index contributed by atoms with van der Waals surface area (Å²) in [7, 11) is 0. The normalized spacial score (nSPS) is 21.8. The van der Waals surface area contributed by atoms with Gasteiger partial charge in [0.1, 0.15) is 5.82 Å². The summed E-state index contributed by atoms with van der Waals surface area (Å²) in [6.07, 6.45) is 4.23. The van der Waals surface area contributed by atoms with E-state index < -0.39 is 0 Å². The summed E-state index contributed by atoms with van der Waals surface area (Å²) in [5.74, 6) is 0.397. The van der Waals surface area contributed by atoms with E-state index in [1.165, 1.54) is 12.5 Å². The van der Waals surface area contributed by atoms with E-state index in [9.17, 15) is 4.39 Å². The van der Waals surface area contributed by atoms with Gasteiger partial charge in [0.05, 0.1) is 0 Å². The van der Waals surface area contributed by atoms with Crippen molar-refractivity contribution in [3.63, 3.8) is 0 Å². The van der Waals surface area contributed by atoms with Gasteiger partial charge in [-0.3, -0.25) is 0 Å². The van der Waals surface area contributed by atoms with Crippen molar-refractivity contribution < 1.29 is 4.39 Å². The van der Waals surface area contributed by atoms with Crippen molar-refractivity contribution in [1.29, 1.82) is 0 Å².